The summed E-state index contributed by atoms with van der Waals surface area (Å²) >= 11 is 5.50. The van der Waals surface area contributed by atoms with E-state index in [9.17, 15) is 0 Å². The molecule has 1 heterocycles. The van der Waals surface area contributed by atoms with Gasteiger partial charge in [0.05, 0.1) is 11.0 Å². The number of rotatable bonds is 2. The van der Waals surface area contributed by atoms with Gasteiger partial charge in [-0.25, -0.2) is 0 Å². The van der Waals surface area contributed by atoms with E-state index in [2.05, 4.69) is 62.4 Å². The van der Waals surface area contributed by atoms with E-state index in [1.807, 2.05) is 0 Å². The van der Waals surface area contributed by atoms with Gasteiger partial charge in [0, 0.05) is 6.54 Å². The predicted molar refractivity (Wildman–Crippen MR) is 82.9 cm³/mol. The normalized spacial score (nSPS) is 20.9. The highest BCUT2D eigenvalue weighted by Crippen LogP contribution is 2.68. The van der Waals surface area contributed by atoms with Crippen LogP contribution < -0.4 is 0 Å². The molecule has 1 N–H and O–H groups in total. The van der Waals surface area contributed by atoms with Crippen LogP contribution in [0.2, 0.25) is 0 Å². The average molecular weight is 274 g/mol. The first-order chi connectivity index (χ1) is 8.75. The fourth-order valence-electron chi connectivity index (χ4n) is 3.43. The van der Waals surface area contributed by atoms with E-state index in [4.69, 9.17) is 12.2 Å². The van der Waals surface area contributed by atoms with E-state index in [0.29, 0.717) is 16.7 Å². The third-order valence-corrected chi connectivity index (χ3v) is 5.94. The van der Waals surface area contributed by atoms with E-state index in [0.717, 1.165) is 16.8 Å². The molecule has 0 amide bonds. The standard InChI is InChI=1S/C16H22N2S/c1-10-6-7-12-11(8-10)17-14(19)18(12)9-13-15(2,3)16(13,4)5/h6-8,13H,9H2,1-5H3,(H,17,19). The lowest BCUT2D eigenvalue weighted by molar-refractivity contribution is 0.457. The summed E-state index contributed by atoms with van der Waals surface area (Å²) in [6, 6.07) is 6.51. The fourth-order valence-corrected chi connectivity index (χ4v) is 3.71. The van der Waals surface area contributed by atoms with Crippen molar-refractivity contribution in [2.24, 2.45) is 16.7 Å². The van der Waals surface area contributed by atoms with E-state index in [-0.39, 0.29) is 0 Å². The molecule has 0 radical (unpaired) electrons. The SMILES string of the molecule is Cc1ccc2c(c1)[nH]c(=S)n2CC1C(C)(C)C1(C)C. The molecule has 1 aliphatic carbocycles. The molecule has 0 bridgehead atoms. The Morgan fingerprint density at radius 3 is 2.42 bits per heavy atom. The second kappa shape index (κ2) is 3.72. The Kier molecular flexibility index (Phi) is 2.53. The maximum Gasteiger partial charge on any atom is 0.178 e. The molecular weight excluding hydrogens is 252 g/mol. The molecule has 2 aromatic rings. The summed E-state index contributed by atoms with van der Waals surface area (Å²) in [6.07, 6.45) is 0. The highest BCUT2D eigenvalue weighted by atomic mass is 32.1. The Bertz CT molecular complexity index is 689. The van der Waals surface area contributed by atoms with E-state index in [1.165, 1.54) is 11.1 Å². The molecule has 1 fully saturated rings. The van der Waals surface area contributed by atoms with Crippen LogP contribution in [0.5, 0.6) is 0 Å². The van der Waals surface area contributed by atoms with Gasteiger partial charge in [0.1, 0.15) is 0 Å². The third kappa shape index (κ3) is 1.71. The van der Waals surface area contributed by atoms with Crippen molar-refractivity contribution < 1.29 is 0 Å². The largest absolute Gasteiger partial charge is 0.331 e. The van der Waals surface area contributed by atoms with Crippen molar-refractivity contribution in [1.29, 1.82) is 0 Å². The number of aromatic amines is 1. The molecule has 0 atom stereocenters. The Morgan fingerprint density at radius 2 is 1.84 bits per heavy atom. The van der Waals surface area contributed by atoms with Crippen LogP contribution >= 0.6 is 12.2 Å². The van der Waals surface area contributed by atoms with Crippen LogP contribution in [-0.2, 0) is 6.54 Å². The van der Waals surface area contributed by atoms with Gasteiger partial charge in [-0.05, 0) is 53.6 Å². The number of benzene rings is 1. The number of imidazole rings is 1. The first-order valence-electron chi connectivity index (χ1n) is 6.94. The second-order valence-electron chi connectivity index (χ2n) is 7.06. The zero-order valence-corrected chi connectivity index (χ0v) is 13.2. The minimum absolute atomic E-state index is 0.399. The second-order valence-corrected chi connectivity index (χ2v) is 7.44. The van der Waals surface area contributed by atoms with Gasteiger partial charge in [-0.1, -0.05) is 33.8 Å². The number of hydrogen-bond acceptors (Lipinski definition) is 1. The molecule has 0 unspecified atom stereocenters. The van der Waals surface area contributed by atoms with Crippen LogP contribution in [0.1, 0.15) is 33.3 Å². The molecule has 1 aliphatic rings. The number of nitrogens with zero attached hydrogens (tertiary/aromatic N) is 1. The number of aryl methyl sites for hydroxylation is 1. The number of H-pyrrole nitrogens is 1. The number of fused-ring (bicyclic) bond motifs is 1. The summed E-state index contributed by atoms with van der Waals surface area (Å²) in [7, 11) is 0. The van der Waals surface area contributed by atoms with E-state index < -0.39 is 0 Å². The summed E-state index contributed by atoms with van der Waals surface area (Å²) in [6.45, 7) is 12.6. The molecular formula is C16H22N2S. The molecule has 3 heteroatoms. The summed E-state index contributed by atoms with van der Waals surface area (Å²) in [4.78, 5) is 3.33. The quantitative estimate of drug-likeness (QED) is 0.788. The van der Waals surface area contributed by atoms with Crippen LogP contribution in [0, 0.1) is 28.4 Å². The molecule has 0 saturated heterocycles. The van der Waals surface area contributed by atoms with Crippen molar-refractivity contribution in [2.75, 3.05) is 0 Å². The maximum absolute atomic E-state index is 5.50. The van der Waals surface area contributed by atoms with Crippen molar-refractivity contribution in [1.82, 2.24) is 9.55 Å². The fraction of sp³-hybridized carbons (Fsp3) is 0.562. The van der Waals surface area contributed by atoms with Gasteiger partial charge in [0.25, 0.3) is 0 Å². The van der Waals surface area contributed by atoms with E-state index in [1.54, 1.807) is 0 Å². The smallest absolute Gasteiger partial charge is 0.178 e. The minimum atomic E-state index is 0.399. The molecule has 2 nitrogen and oxygen atoms in total. The van der Waals surface area contributed by atoms with Crippen molar-refractivity contribution in [3.63, 3.8) is 0 Å². The van der Waals surface area contributed by atoms with Crippen molar-refractivity contribution >= 4 is 23.3 Å². The van der Waals surface area contributed by atoms with Crippen molar-refractivity contribution in [3.05, 3.63) is 28.5 Å². The Labute approximate surface area is 119 Å². The molecule has 1 aromatic heterocycles. The average Bonchev–Trinajstić information content (AvgIpc) is 2.57. The monoisotopic (exact) mass is 274 g/mol. The molecule has 0 spiro atoms. The zero-order chi connectivity index (χ0) is 14.0. The molecule has 0 aliphatic heterocycles. The summed E-state index contributed by atoms with van der Waals surface area (Å²) in [5.41, 5.74) is 4.45. The molecule has 1 saturated carbocycles. The lowest BCUT2D eigenvalue weighted by Gasteiger charge is -2.06. The Hall–Kier alpha value is -1.09. The third-order valence-electron chi connectivity index (χ3n) is 5.61. The van der Waals surface area contributed by atoms with Gasteiger partial charge in [0.2, 0.25) is 0 Å². The Balaban J connectivity index is 2.03. The molecule has 102 valence electrons. The van der Waals surface area contributed by atoms with E-state index >= 15 is 0 Å². The molecule has 3 rings (SSSR count). The van der Waals surface area contributed by atoms with Crippen molar-refractivity contribution in [2.45, 2.75) is 41.2 Å². The number of aromatic nitrogens is 2. The highest BCUT2D eigenvalue weighted by Gasteiger charge is 2.64. The van der Waals surface area contributed by atoms with Crippen LogP contribution in [0.15, 0.2) is 18.2 Å². The Morgan fingerprint density at radius 1 is 1.21 bits per heavy atom. The summed E-state index contributed by atoms with van der Waals surface area (Å²) < 4.78 is 3.12. The first-order valence-corrected chi connectivity index (χ1v) is 7.35. The van der Waals surface area contributed by atoms with Gasteiger partial charge < -0.3 is 9.55 Å². The highest BCUT2D eigenvalue weighted by molar-refractivity contribution is 7.71. The zero-order valence-electron chi connectivity index (χ0n) is 12.4. The number of hydrogen-bond donors (Lipinski definition) is 1. The van der Waals surface area contributed by atoms with Gasteiger partial charge in [-0.15, -0.1) is 0 Å². The number of nitrogens with one attached hydrogen (secondary N) is 1. The summed E-state index contributed by atoms with van der Waals surface area (Å²) in [5, 5.41) is 0. The maximum atomic E-state index is 5.50. The first kappa shape index (κ1) is 12.9. The van der Waals surface area contributed by atoms with Crippen LogP contribution in [0.3, 0.4) is 0 Å². The van der Waals surface area contributed by atoms with Crippen molar-refractivity contribution in [3.8, 4) is 0 Å². The van der Waals surface area contributed by atoms with Crippen LogP contribution in [-0.4, -0.2) is 9.55 Å². The van der Waals surface area contributed by atoms with Crippen LogP contribution in [0.25, 0.3) is 11.0 Å². The minimum Gasteiger partial charge on any atom is -0.331 e. The van der Waals surface area contributed by atoms with Crippen LogP contribution in [0.4, 0.5) is 0 Å². The van der Waals surface area contributed by atoms with Gasteiger partial charge in [-0.3, -0.25) is 0 Å². The predicted octanol–water partition coefficient (Wildman–Crippen LogP) is 4.69. The molecule has 1 aromatic carbocycles. The lowest BCUT2D eigenvalue weighted by atomic mass is 10.0. The summed E-state index contributed by atoms with van der Waals surface area (Å²) in [5.74, 6) is 0.687. The van der Waals surface area contributed by atoms with Gasteiger partial charge in [0.15, 0.2) is 4.77 Å². The molecule has 19 heavy (non-hydrogen) atoms. The topological polar surface area (TPSA) is 20.7 Å². The van der Waals surface area contributed by atoms with Gasteiger partial charge in [-0.2, -0.15) is 0 Å². The van der Waals surface area contributed by atoms with Gasteiger partial charge >= 0.3 is 0 Å². The lowest BCUT2D eigenvalue weighted by Crippen LogP contribution is -2.04.